The predicted molar refractivity (Wildman–Crippen MR) is 160 cm³/mol. The van der Waals surface area contributed by atoms with E-state index < -0.39 is 16.2 Å². The van der Waals surface area contributed by atoms with Gasteiger partial charge in [0.2, 0.25) is 5.88 Å². The molecule has 1 saturated heterocycles. The molecule has 1 fully saturated rings. The normalized spacial score (nSPS) is 15.7. The number of nitrogens with zero attached hydrogens (tertiary/aromatic N) is 6. The van der Waals surface area contributed by atoms with Crippen LogP contribution in [0.4, 0.5) is 4.39 Å². The molecule has 11 heteroatoms. The summed E-state index contributed by atoms with van der Waals surface area (Å²) in [5.41, 5.74) is 4.22. The number of fused-ring (bicyclic) bond motifs is 1. The van der Waals surface area contributed by atoms with Crippen molar-refractivity contribution in [3.8, 4) is 28.1 Å². The third-order valence-corrected chi connectivity index (χ3v) is 9.62. The van der Waals surface area contributed by atoms with E-state index in [0.29, 0.717) is 22.4 Å². The number of hydrogen-bond acceptors (Lipinski definition) is 7. The van der Waals surface area contributed by atoms with Gasteiger partial charge in [-0.05, 0) is 82.7 Å². The Hall–Kier alpha value is -4.09. The number of alkyl halides is 1. The molecule has 5 heterocycles. The molecule has 1 aromatic carbocycles. The highest BCUT2D eigenvalue weighted by atomic mass is 32.2. The molecule has 42 heavy (non-hydrogen) atoms. The van der Waals surface area contributed by atoms with E-state index in [0.717, 1.165) is 42.6 Å². The summed E-state index contributed by atoms with van der Waals surface area (Å²) in [4.78, 5) is 11.3. The van der Waals surface area contributed by atoms with Gasteiger partial charge in [-0.15, -0.1) is 5.10 Å². The maximum atomic E-state index is 14.2. The summed E-state index contributed by atoms with van der Waals surface area (Å²) in [5, 5.41) is 5.33. The second-order valence-corrected chi connectivity index (χ2v) is 12.7. The minimum absolute atomic E-state index is 0.149. The monoisotopic (exact) mass is 588 g/mol. The zero-order valence-corrected chi connectivity index (χ0v) is 24.8. The first-order valence-electron chi connectivity index (χ1n) is 13.9. The Bertz CT molecular complexity index is 1860. The number of aryl methyl sites for hydroxylation is 1. The van der Waals surface area contributed by atoms with Crippen molar-refractivity contribution in [3.05, 3.63) is 78.5 Å². The molecule has 1 unspecified atom stereocenters. The maximum absolute atomic E-state index is 14.2. The van der Waals surface area contributed by atoms with Gasteiger partial charge < -0.3 is 9.64 Å². The molecule has 6 rings (SSSR count). The van der Waals surface area contributed by atoms with E-state index >= 15 is 0 Å². The van der Waals surface area contributed by atoms with Crippen LogP contribution in [0.2, 0.25) is 0 Å². The first-order chi connectivity index (χ1) is 20.2. The fraction of sp³-hybridized carbons (Fsp3) is 0.323. The third kappa shape index (κ3) is 5.07. The Morgan fingerprint density at radius 1 is 1.00 bits per heavy atom. The van der Waals surface area contributed by atoms with Gasteiger partial charge in [-0.1, -0.05) is 17.7 Å². The smallest absolute Gasteiger partial charge is 0.269 e. The largest absolute Gasteiger partial charge is 0.479 e. The zero-order chi connectivity index (χ0) is 29.6. The third-order valence-electron chi connectivity index (χ3n) is 7.95. The number of halogens is 1. The van der Waals surface area contributed by atoms with Crippen LogP contribution in [0.1, 0.15) is 43.2 Å². The second-order valence-electron chi connectivity index (χ2n) is 10.9. The quantitative estimate of drug-likeness (QED) is 0.237. The first kappa shape index (κ1) is 28.0. The van der Waals surface area contributed by atoms with Gasteiger partial charge in [-0.3, -0.25) is 9.67 Å². The van der Waals surface area contributed by atoms with Gasteiger partial charge in [0.15, 0.2) is 5.65 Å². The van der Waals surface area contributed by atoms with Gasteiger partial charge in [0.1, 0.15) is 6.17 Å². The summed E-state index contributed by atoms with van der Waals surface area (Å²) in [6.07, 6.45) is 7.40. The van der Waals surface area contributed by atoms with Crippen LogP contribution in [0.15, 0.2) is 72.1 Å². The minimum Gasteiger partial charge on any atom is -0.479 e. The Morgan fingerprint density at radius 3 is 2.43 bits per heavy atom. The number of piperidine rings is 1. The van der Waals surface area contributed by atoms with Gasteiger partial charge in [-0.25, -0.2) is 21.8 Å². The van der Waals surface area contributed by atoms with Crippen LogP contribution in [0.25, 0.3) is 33.3 Å². The first-order valence-corrected chi connectivity index (χ1v) is 15.4. The van der Waals surface area contributed by atoms with E-state index in [-0.39, 0.29) is 22.3 Å². The average molecular weight is 589 g/mol. The molecule has 0 bridgehead atoms. The Labute approximate surface area is 244 Å². The molecule has 218 valence electrons. The molecule has 4 aromatic heterocycles. The lowest BCUT2D eigenvalue weighted by Crippen LogP contribution is -2.31. The van der Waals surface area contributed by atoms with Gasteiger partial charge in [0, 0.05) is 41.3 Å². The molecule has 0 aliphatic carbocycles. The van der Waals surface area contributed by atoms with Gasteiger partial charge in [0.05, 0.1) is 29.3 Å². The Morgan fingerprint density at radius 2 is 1.74 bits per heavy atom. The van der Waals surface area contributed by atoms with Crippen LogP contribution in [0.3, 0.4) is 0 Å². The minimum atomic E-state index is -3.98. The highest BCUT2D eigenvalue weighted by Gasteiger charge is 2.26. The molecule has 1 aliphatic rings. The Balaban J connectivity index is 1.52. The van der Waals surface area contributed by atoms with E-state index in [9.17, 15) is 12.8 Å². The van der Waals surface area contributed by atoms with Gasteiger partial charge in [0.25, 0.3) is 10.0 Å². The molecular weight excluding hydrogens is 555 g/mol. The summed E-state index contributed by atoms with van der Waals surface area (Å²) in [7, 11) is -0.275. The highest BCUT2D eigenvalue weighted by Crippen LogP contribution is 2.38. The SMILES string of the molecule is COc1nn(C2CCN(C)CC2)cc1-c1cnc2c(c1)c(-c1ccnc(C(C)F)c1)cn2S(=O)(=O)c1ccc(C)cc1. The van der Waals surface area contributed by atoms with Crippen LogP contribution >= 0.6 is 0 Å². The van der Waals surface area contributed by atoms with Crippen molar-refractivity contribution >= 4 is 21.1 Å². The predicted octanol–water partition coefficient (Wildman–Crippen LogP) is 5.81. The summed E-state index contributed by atoms with van der Waals surface area (Å²) < 4.78 is 50.8. The summed E-state index contributed by atoms with van der Waals surface area (Å²) in [6.45, 7) is 5.31. The number of ether oxygens (including phenoxy) is 1. The summed E-state index contributed by atoms with van der Waals surface area (Å²) in [6, 6.07) is 12.2. The van der Waals surface area contributed by atoms with E-state index in [1.54, 1.807) is 55.9 Å². The number of rotatable bonds is 7. The fourth-order valence-electron chi connectivity index (χ4n) is 5.47. The molecular formula is C31H33FN6O3S. The number of methoxy groups -OCH3 is 1. The molecule has 0 spiro atoms. The molecule has 1 aliphatic heterocycles. The molecule has 0 N–H and O–H groups in total. The van der Waals surface area contributed by atoms with Crippen LogP contribution in [0, 0.1) is 6.92 Å². The van der Waals surface area contributed by atoms with Crippen LogP contribution in [-0.4, -0.2) is 64.3 Å². The van der Waals surface area contributed by atoms with Crippen LogP contribution < -0.4 is 4.74 Å². The van der Waals surface area contributed by atoms with Crippen molar-refractivity contribution in [1.82, 2.24) is 28.6 Å². The fourth-order valence-corrected chi connectivity index (χ4v) is 6.79. The number of likely N-dealkylation sites (tertiary alicyclic amines) is 1. The number of benzene rings is 1. The van der Waals surface area contributed by atoms with E-state index in [1.165, 1.54) is 17.1 Å². The molecule has 1 atom stereocenters. The standard InChI is InChI=1S/C31H33FN6O3S/c1-20-5-7-25(8-6-20)42(39,40)38-19-27(22-9-12-33-29(16-22)21(2)32)26-15-23(17-34-30(26)38)28-18-37(35-31(28)41-4)24-10-13-36(3)14-11-24/h5-9,12,15-19,21,24H,10-11,13-14H2,1-4H3. The Kier molecular flexibility index (Phi) is 7.32. The summed E-state index contributed by atoms with van der Waals surface area (Å²) >= 11 is 0. The lowest BCUT2D eigenvalue weighted by molar-refractivity contribution is 0.210. The van der Waals surface area contributed by atoms with Crippen molar-refractivity contribution in [3.63, 3.8) is 0 Å². The van der Waals surface area contributed by atoms with Crippen LogP contribution in [0.5, 0.6) is 5.88 Å². The van der Waals surface area contributed by atoms with E-state index in [1.807, 2.05) is 23.9 Å². The zero-order valence-electron chi connectivity index (χ0n) is 24.0. The van der Waals surface area contributed by atoms with E-state index in [2.05, 4.69) is 21.9 Å². The average Bonchev–Trinajstić information content (AvgIpc) is 3.60. The van der Waals surface area contributed by atoms with Crippen molar-refractivity contribution in [1.29, 1.82) is 0 Å². The van der Waals surface area contributed by atoms with Crippen molar-refractivity contribution < 1.29 is 17.5 Å². The van der Waals surface area contributed by atoms with Gasteiger partial charge in [-0.2, -0.15) is 0 Å². The molecule has 0 saturated carbocycles. The number of hydrogen-bond donors (Lipinski definition) is 0. The van der Waals surface area contributed by atoms with Crippen molar-refractivity contribution in [2.75, 3.05) is 27.2 Å². The number of pyridine rings is 2. The van der Waals surface area contributed by atoms with Crippen molar-refractivity contribution in [2.24, 2.45) is 0 Å². The molecule has 9 nitrogen and oxygen atoms in total. The highest BCUT2D eigenvalue weighted by molar-refractivity contribution is 7.90. The molecule has 0 radical (unpaired) electrons. The van der Waals surface area contributed by atoms with Crippen molar-refractivity contribution in [2.45, 2.75) is 43.8 Å². The number of aromatic nitrogens is 5. The summed E-state index contributed by atoms with van der Waals surface area (Å²) in [5.74, 6) is 0.473. The maximum Gasteiger partial charge on any atom is 0.269 e. The van der Waals surface area contributed by atoms with E-state index in [4.69, 9.17) is 9.84 Å². The second kappa shape index (κ2) is 11.0. The van der Waals surface area contributed by atoms with Gasteiger partial charge >= 0.3 is 0 Å². The topological polar surface area (TPSA) is 95.1 Å². The molecule has 0 amide bonds. The van der Waals surface area contributed by atoms with Crippen LogP contribution in [-0.2, 0) is 10.0 Å². The lowest BCUT2D eigenvalue weighted by atomic mass is 10.0. The lowest BCUT2D eigenvalue weighted by Gasteiger charge is -2.28. The molecule has 5 aromatic rings.